The van der Waals surface area contributed by atoms with Gasteiger partial charge in [-0.05, 0) is 121 Å². The van der Waals surface area contributed by atoms with Gasteiger partial charge in [0.2, 0.25) is 5.88 Å². The van der Waals surface area contributed by atoms with Crippen LogP contribution in [0.2, 0.25) is 0 Å². The van der Waals surface area contributed by atoms with E-state index >= 15 is 0 Å². The Morgan fingerprint density at radius 2 is 1.85 bits per heavy atom. The highest BCUT2D eigenvalue weighted by Crippen LogP contribution is 2.38. The Labute approximate surface area is 320 Å². The molecule has 2 saturated heterocycles. The van der Waals surface area contributed by atoms with Gasteiger partial charge in [-0.1, -0.05) is 12.0 Å². The second-order valence-corrected chi connectivity index (χ2v) is 16.7. The third-order valence-corrected chi connectivity index (χ3v) is 11.3. The van der Waals surface area contributed by atoms with Gasteiger partial charge in [0.1, 0.15) is 12.2 Å². The summed E-state index contributed by atoms with van der Waals surface area (Å²) in [5, 5.41) is 15.1. The first kappa shape index (κ1) is 38.3. The minimum Gasteiger partial charge on any atom is -0.476 e. The van der Waals surface area contributed by atoms with Crippen molar-refractivity contribution in [1.29, 1.82) is 0 Å². The van der Waals surface area contributed by atoms with Crippen molar-refractivity contribution in [3.8, 4) is 17.0 Å². The Hall–Kier alpha value is -3.41. The van der Waals surface area contributed by atoms with E-state index in [2.05, 4.69) is 51.0 Å². The van der Waals surface area contributed by atoms with Crippen molar-refractivity contribution in [3.05, 3.63) is 51.0 Å². The molecule has 2 fully saturated rings. The average Bonchev–Trinajstić information content (AvgIpc) is 3.75. The quantitative estimate of drug-likeness (QED) is 0.120. The molecule has 1 aromatic carbocycles. The van der Waals surface area contributed by atoms with Crippen LogP contribution in [0.15, 0.2) is 30.4 Å². The molecule has 0 saturated carbocycles. The SMILES string of the molecule is Cc1nn(C)c(CN(CCOc2c(-c3ccc4c(c3)c(/C=C/B3OC(C)(C)C(C)(C)O3)nn4C3CCCCO3)cnn2C)C(=O)OC(C)(C)C)c1I. The van der Waals surface area contributed by atoms with Gasteiger partial charge < -0.3 is 23.5 Å². The Kier molecular flexibility index (Phi) is 10.9. The van der Waals surface area contributed by atoms with Gasteiger partial charge in [-0.15, -0.1) is 0 Å². The summed E-state index contributed by atoms with van der Waals surface area (Å²) in [6, 6.07) is 6.27. The van der Waals surface area contributed by atoms with Crippen LogP contribution in [-0.2, 0) is 39.4 Å². The van der Waals surface area contributed by atoms with Crippen molar-refractivity contribution in [2.24, 2.45) is 14.1 Å². The number of halogens is 1. The number of aryl methyl sites for hydroxylation is 3. The van der Waals surface area contributed by atoms with E-state index < -0.39 is 30.0 Å². The number of hydrogen-bond acceptors (Lipinski definition) is 9. The molecule has 52 heavy (non-hydrogen) atoms. The summed E-state index contributed by atoms with van der Waals surface area (Å²) in [5.74, 6) is 2.52. The summed E-state index contributed by atoms with van der Waals surface area (Å²) in [6.07, 6.45) is 6.27. The van der Waals surface area contributed by atoms with Crippen LogP contribution in [0.3, 0.4) is 0 Å². The first-order valence-corrected chi connectivity index (χ1v) is 19.0. The Morgan fingerprint density at radius 3 is 2.48 bits per heavy atom. The molecule has 1 unspecified atom stereocenters. The molecule has 6 rings (SSSR count). The standard InChI is InChI=1S/C37H51BIN7O6/c1-24-32(39)30(43(9)41-24)23-45(34(47)50-35(2,3)4)18-20-49-33-27(22-40-44(33)10)25-14-15-29-26(21-25)28(42-46(29)31-13-11-12-19-48-31)16-17-38-51-36(5,6)37(7,8)52-38/h14-17,21-22,31H,11-13,18-20,23H2,1-10H3/b17-16+. The smallest absolute Gasteiger partial charge is 0.476 e. The van der Waals surface area contributed by atoms with Gasteiger partial charge in [0.25, 0.3) is 0 Å². The fourth-order valence-corrected chi connectivity index (χ4v) is 7.00. The maximum Gasteiger partial charge on any atom is 0.487 e. The molecular weight excluding hydrogens is 776 g/mol. The van der Waals surface area contributed by atoms with E-state index in [4.69, 9.17) is 28.6 Å². The first-order valence-electron chi connectivity index (χ1n) is 17.9. The van der Waals surface area contributed by atoms with Crippen LogP contribution in [-0.4, -0.2) is 84.0 Å². The molecule has 280 valence electrons. The molecule has 3 aromatic heterocycles. The predicted octanol–water partition coefficient (Wildman–Crippen LogP) is 7.24. The van der Waals surface area contributed by atoms with Crippen molar-refractivity contribution in [2.45, 2.75) is 104 Å². The van der Waals surface area contributed by atoms with Gasteiger partial charge in [0.05, 0.1) is 62.2 Å². The van der Waals surface area contributed by atoms with Crippen LogP contribution in [0.4, 0.5) is 4.79 Å². The third kappa shape index (κ3) is 8.06. The van der Waals surface area contributed by atoms with Crippen LogP contribution < -0.4 is 4.74 Å². The van der Waals surface area contributed by atoms with Gasteiger partial charge >= 0.3 is 13.2 Å². The molecule has 0 bridgehead atoms. The van der Waals surface area contributed by atoms with E-state index in [0.717, 1.165) is 61.9 Å². The molecule has 15 heteroatoms. The van der Waals surface area contributed by atoms with Crippen LogP contribution in [0.25, 0.3) is 28.1 Å². The lowest BCUT2D eigenvalue weighted by Crippen LogP contribution is -2.41. The fourth-order valence-electron chi connectivity index (χ4n) is 6.37. The van der Waals surface area contributed by atoms with Gasteiger partial charge in [0.15, 0.2) is 6.23 Å². The minimum atomic E-state index is -0.644. The zero-order valence-electron chi connectivity index (χ0n) is 32.0. The second-order valence-electron chi connectivity index (χ2n) is 15.6. The summed E-state index contributed by atoms with van der Waals surface area (Å²) < 4.78 is 37.4. The number of carbonyl (C=O) groups excluding carboxylic acids is 1. The van der Waals surface area contributed by atoms with Crippen molar-refractivity contribution >= 4 is 52.8 Å². The number of fused-ring (bicyclic) bond motifs is 1. The number of aromatic nitrogens is 6. The molecule has 2 aliphatic heterocycles. The average molecular weight is 828 g/mol. The summed E-state index contributed by atoms with van der Waals surface area (Å²) in [7, 11) is 3.24. The molecule has 0 spiro atoms. The minimum absolute atomic E-state index is 0.134. The first-order chi connectivity index (χ1) is 24.4. The van der Waals surface area contributed by atoms with Crippen molar-refractivity contribution in [2.75, 3.05) is 19.8 Å². The zero-order chi connectivity index (χ0) is 37.6. The number of carbonyl (C=O) groups is 1. The molecule has 0 N–H and O–H groups in total. The summed E-state index contributed by atoms with van der Waals surface area (Å²) in [6.45, 7) is 17.3. The number of ether oxygens (including phenoxy) is 3. The van der Waals surface area contributed by atoms with Crippen LogP contribution >= 0.6 is 22.6 Å². The van der Waals surface area contributed by atoms with Gasteiger partial charge in [-0.3, -0.25) is 9.58 Å². The molecular formula is C37H51BIN7O6. The van der Waals surface area contributed by atoms with Crippen LogP contribution in [0.5, 0.6) is 5.88 Å². The topological polar surface area (TPSA) is 120 Å². The lowest BCUT2D eigenvalue weighted by Gasteiger charge is -2.32. The molecule has 4 aromatic rings. The largest absolute Gasteiger partial charge is 0.487 e. The van der Waals surface area contributed by atoms with Gasteiger partial charge in [-0.25, -0.2) is 14.2 Å². The number of hydrogen-bond donors (Lipinski definition) is 0. The maximum absolute atomic E-state index is 13.4. The maximum atomic E-state index is 13.4. The molecule has 1 atom stereocenters. The predicted molar refractivity (Wildman–Crippen MR) is 209 cm³/mol. The highest BCUT2D eigenvalue weighted by molar-refractivity contribution is 14.1. The van der Waals surface area contributed by atoms with Crippen molar-refractivity contribution < 1.29 is 28.3 Å². The third-order valence-electron chi connectivity index (χ3n) is 9.90. The Morgan fingerprint density at radius 1 is 1.12 bits per heavy atom. The van der Waals surface area contributed by atoms with Crippen molar-refractivity contribution in [3.63, 3.8) is 0 Å². The zero-order valence-corrected chi connectivity index (χ0v) is 34.2. The number of rotatable bonds is 10. The van der Waals surface area contributed by atoms with E-state index in [1.54, 1.807) is 15.8 Å². The normalized spacial score (nSPS) is 18.8. The lowest BCUT2D eigenvalue weighted by molar-refractivity contribution is -0.0367. The monoisotopic (exact) mass is 827 g/mol. The number of amides is 1. The van der Waals surface area contributed by atoms with E-state index in [1.807, 2.05) is 90.9 Å². The Balaban J connectivity index is 1.27. The summed E-state index contributed by atoms with van der Waals surface area (Å²) in [5.41, 5.74) is 3.84. The molecule has 13 nitrogen and oxygen atoms in total. The molecule has 5 heterocycles. The molecule has 2 aliphatic rings. The van der Waals surface area contributed by atoms with Crippen molar-refractivity contribution in [1.82, 2.24) is 34.2 Å². The van der Waals surface area contributed by atoms with E-state index in [1.165, 1.54) is 0 Å². The van der Waals surface area contributed by atoms with Gasteiger partial charge in [-0.2, -0.15) is 15.3 Å². The Bertz CT molecular complexity index is 1940. The van der Waals surface area contributed by atoms with E-state index in [-0.39, 0.29) is 12.8 Å². The highest BCUT2D eigenvalue weighted by Gasteiger charge is 2.50. The second kappa shape index (κ2) is 14.8. The lowest BCUT2D eigenvalue weighted by atomic mass is 9.89. The highest BCUT2D eigenvalue weighted by atomic mass is 127. The summed E-state index contributed by atoms with van der Waals surface area (Å²) >= 11 is 2.28. The van der Waals surface area contributed by atoms with E-state index in [0.29, 0.717) is 25.6 Å². The summed E-state index contributed by atoms with van der Waals surface area (Å²) in [4.78, 5) is 15.0. The van der Waals surface area contributed by atoms with Gasteiger partial charge in [0, 0.05) is 26.1 Å². The molecule has 0 radical (unpaired) electrons. The van der Waals surface area contributed by atoms with Crippen LogP contribution in [0.1, 0.15) is 91.0 Å². The number of benzene rings is 1. The van der Waals surface area contributed by atoms with Crippen LogP contribution in [0, 0.1) is 10.5 Å². The fraction of sp³-hybridized carbons (Fsp3) is 0.568. The van der Waals surface area contributed by atoms with E-state index in [9.17, 15) is 4.79 Å². The molecule has 1 amide bonds. The molecule has 0 aliphatic carbocycles. The number of nitrogens with zero attached hydrogens (tertiary/aromatic N) is 7.